The van der Waals surface area contributed by atoms with Crippen LogP contribution in [0.15, 0.2) is 54.6 Å². The second kappa shape index (κ2) is 9.21. The van der Waals surface area contributed by atoms with E-state index in [0.29, 0.717) is 12.2 Å². The lowest BCUT2D eigenvalue weighted by molar-refractivity contribution is -0.145. The van der Waals surface area contributed by atoms with E-state index in [1.165, 1.54) is 12.7 Å². The van der Waals surface area contributed by atoms with Crippen LogP contribution in [0, 0.1) is 0 Å². The summed E-state index contributed by atoms with van der Waals surface area (Å²) < 4.78 is 10.3. The number of rotatable bonds is 7. The van der Waals surface area contributed by atoms with Crippen LogP contribution in [0.4, 0.5) is 0 Å². The minimum Gasteiger partial charge on any atom is -0.484 e. The second-order valence-corrected chi connectivity index (χ2v) is 7.40. The summed E-state index contributed by atoms with van der Waals surface area (Å²) >= 11 is 0. The first-order valence-electron chi connectivity index (χ1n) is 8.94. The van der Waals surface area contributed by atoms with Gasteiger partial charge in [-0.15, -0.1) is 0 Å². The van der Waals surface area contributed by atoms with E-state index < -0.39 is 12.0 Å². The van der Waals surface area contributed by atoms with Crippen LogP contribution < -0.4 is 10.1 Å². The highest BCUT2D eigenvalue weighted by Crippen LogP contribution is 2.24. The van der Waals surface area contributed by atoms with Crippen LogP contribution in [0.5, 0.6) is 5.75 Å². The van der Waals surface area contributed by atoms with Crippen molar-refractivity contribution < 1.29 is 19.1 Å². The minimum atomic E-state index is -0.753. The first-order chi connectivity index (χ1) is 12.8. The van der Waals surface area contributed by atoms with Crippen molar-refractivity contribution in [3.8, 4) is 5.75 Å². The first-order valence-corrected chi connectivity index (χ1v) is 8.94. The number of hydrogen-bond donors (Lipinski definition) is 1. The molecule has 0 saturated heterocycles. The molecule has 0 radical (unpaired) electrons. The van der Waals surface area contributed by atoms with Crippen LogP contribution in [0.3, 0.4) is 0 Å². The smallest absolute Gasteiger partial charge is 0.328 e. The molecule has 2 aromatic rings. The number of nitrogens with one attached hydrogen (secondary N) is 1. The Kier molecular flexibility index (Phi) is 6.99. The van der Waals surface area contributed by atoms with Gasteiger partial charge in [0.2, 0.25) is 0 Å². The number of methoxy groups -OCH3 is 1. The Morgan fingerprint density at radius 2 is 1.63 bits per heavy atom. The summed E-state index contributed by atoms with van der Waals surface area (Å²) in [6, 6.07) is 16.4. The van der Waals surface area contributed by atoms with Crippen LogP contribution >= 0.6 is 0 Å². The summed E-state index contributed by atoms with van der Waals surface area (Å²) in [6.45, 7) is 6.24. The molecule has 0 aromatic heterocycles. The van der Waals surface area contributed by atoms with Crippen molar-refractivity contribution in [2.24, 2.45) is 0 Å². The van der Waals surface area contributed by atoms with E-state index in [9.17, 15) is 9.59 Å². The molecule has 144 valence electrons. The SMILES string of the molecule is COC(=O)[C@H](Cc1ccccc1)NC(=O)COc1ccc(C(C)(C)C)cc1. The molecule has 2 aromatic carbocycles. The normalized spacial score (nSPS) is 12.1. The Labute approximate surface area is 160 Å². The molecule has 0 aliphatic heterocycles. The molecule has 5 nitrogen and oxygen atoms in total. The Bertz CT molecular complexity index is 748. The van der Waals surface area contributed by atoms with Crippen molar-refractivity contribution in [3.63, 3.8) is 0 Å². The summed E-state index contributed by atoms with van der Waals surface area (Å²) in [4.78, 5) is 24.2. The zero-order valence-electron chi connectivity index (χ0n) is 16.3. The maximum Gasteiger partial charge on any atom is 0.328 e. The molecule has 2 rings (SSSR count). The summed E-state index contributed by atoms with van der Waals surface area (Å²) in [5.74, 6) is -0.251. The highest BCUT2D eigenvalue weighted by molar-refractivity contribution is 5.85. The molecule has 1 N–H and O–H groups in total. The molecular weight excluding hydrogens is 342 g/mol. The van der Waals surface area contributed by atoms with Crippen molar-refractivity contribution in [1.82, 2.24) is 5.32 Å². The van der Waals surface area contributed by atoms with Crippen LogP contribution in [-0.4, -0.2) is 31.6 Å². The van der Waals surface area contributed by atoms with E-state index in [4.69, 9.17) is 9.47 Å². The highest BCUT2D eigenvalue weighted by atomic mass is 16.5. The second-order valence-electron chi connectivity index (χ2n) is 7.40. The van der Waals surface area contributed by atoms with E-state index in [1.807, 2.05) is 54.6 Å². The quantitative estimate of drug-likeness (QED) is 0.761. The Balaban J connectivity index is 1.92. The Morgan fingerprint density at radius 1 is 1.00 bits per heavy atom. The summed E-state index contributed by atoms with van der Waals surface area (Å²) in [5, 5.41) is 2.68. The highest BCUT2D eigenvalue weighted by Gasteiger charge is 2.22. The number of amides is 1. The molecule has 5 heteroatoms. The Morgan fingerprint density at radius 3 is 2.19 bits per heavy atom. The van der Waals surface area contributed by atoms with E-state index in [0.717, 1.165) is 5.56 Å². The zero-order valence-corrected chi connectivity index (χ0v) is 16.3. The molecule has 0 fully saturated rings. The van der Waals surface area contributed by atoms with Crippen LogP contribution in [0.1, 0.15) is 31.9 Å². The predicted octanol–water partition coefficient (Wildman–Crippen LogP) is 3.26. The van der Waals surface area contributed by atoms with E-state index >= 15 is 0 Å². The molecule has 27 heavy (non-hydrogen) atoms. The number of esters is 1. The summed E-state index contributed by atoms with van der Waals surface area (Å²) in [7, 11) is 1.31. The van der Waals surface area contributed by atoms with Gasteiger partial charge < -0.3 is 14.8 Å². The molecule has 1 atom stereocenters. The molecule has 1 amide bonds. The number of benzene rings is 2. The van der Waals surface area contributed by atoms with Gasteiger partial charge in [0, 0.05) is 6.42 Å². The lowest BCUT2D eigenvalue weighted by Gasteiger charge is -2.19. The van der Waals surface area contributed by atoms with Gasteiger partial charge in [0.1, 0.15) is 11.8 Å². The summed E-state index contributed by atoms with van der Waals surface area (Å²) in [6.07, 6.45) is 0.361. The predicted molar refractivity (Wildman–Crippen MR) is 105 cm³/mol. The molecule has 0 aliphatic rings. The average Bonchev–Trinajstić information content (AvgIpc) is 2.65. The standard InChI is InChI=1S/C22H27NO4/c1-22(2,3)17-10-12-18(13-11-17)27-15-20(24)23-19(21(25)26-4)14-16-8-6-5-7-9-16/h5-13,19H,14-15H2,1-4H3,(H,23,24)/t19-/m0/s1. The fourth-order valence-corrected chi connectivity index (χ4v) is 2.62. The lowest BCUT2D eigenvalue weighted by Crippen LogP contribution is -2.44. The van der Waals surface area contributed by atoms with Gasteiger partial charge in [-0.05, 0) is 28.7 Å². The fraction of sp³-hybridized carbons (Fsp3) is 0.364. The van der Waals surface area contributed by atoms with Gasteiger partial charge in [-0.2, -0.15) is 0 Å². The number of carbonyl (C=O) groups is 2. The molecule has 0 saturated carbocycles. The van der Waals surface area contributed by atoms with E-state index in [1.54, 1.807) is 0 Å². The topological polar surface area (TPSA) is 64.6 Å². The molecule has 0 unspecified atom stereocenters. The molecule has 0 bridgehead atoms. The van der Waals surface area contributed by atoms with Gasteiger partial charge in [0.25, 0.3) is 5.91 Å². The molecule has 0 spiro atoms. The maximum absolute atomic E-state index is 12.2. The minimum absolute atomic E-state index is 0.0566. The summed E-state index contributed by atoms with van der Waals surface area (Å²) in [5.41, 5.74) is 2.18. The third-order valence-corrected chi connectivity index (χ3v) is 4.19. The van der Waals surface area contributed by atoms with Crippen molar-refractivity contribution in [2.75, 3.05) is 13.7 Å². The van der Waals surface area contributed by atoms with Gasteiger partial charge in [-0.25, -0.2) is 4.79 Å². The Hall–Kier alpha value is -2.82. The number of carbonyl (C=O) groups excluding carboxylic acids is 2. The van der Waals surface area contributed by atoms with E-state index in [-0.39, 0.29) is 17.9 Å². The van der Waals surface area contributed by atoms with E-state index in [2.05, 4.69) is 26.1 Å². The largest absolute Gasteiger partial charge is 0.484 e. The molecular formula is C22H27NO4. The number of hydrogen-bond acceptors (Lipinski definition) is 4. The van der Waals surface area contributed by atoms with Gasteiger partial charge in [0.05, 0.1) is 7.11 Å². The van der Waals surface area contributed by atoms with Crippen molar-refractivity contribution in [2.45, 2.75) is 38.6 Å². The van der Waals surface area contributed by atoms with Gasteiger partial charge in [0.15, 0.2) is 6.61 Å². The lowest BCUT2D eigenvalue weighted by atomic mass is 9.87. The maximum atomic E-state index is 12.2. The molecule has 0 heterocycles. The van der Waals surface area contributed by atoms with Crippen LogP contribution in [0.25, 0.3) is 0 Å². The third kappa shape index (κ3) is 6.44. The van der Waals surface area contributed by atoms with Gasteiger partial charge in [-0.3, -0.25) is 4.79 Å². The average molecular weight is 369 g/mol. The van der Waals surface area contributed by atoms with Gasteiger partial charge in [-0.1, -0.05) is 63.2 Å². The van der Waals surface area contributed by atoms with Crippen molar-refractivity contribution in [3.05, 3.63) is 65.7 Å². The monoisotopic (exact) mass is 369 g/mol. The van der Waals surface area contributed by atoms with Crippen molar-refractivity contribution >= 4 is 11.9 Å². The molecule has 0 aliphatic carbocycles. The van der Waals surface area contributed by atoms with Crippen LogP contribution in [-0.2, 0) is 26.2 Å². The fourth-order valence-electron chi connectivity index (χ4n) is 2.62. The zero-order chi connectivity index (χ0) is 19.9. The van der Waals surface area contributed by atoms with Crippen LogP contribution in [0.2, 0.25) is 0 Å². The van der Waals surface area contributed by atoms with Gasteiger partial charge >= 0.3 is 5.97 Å². The third-order valence-electron chi connectivity index (χ3n) is 4.19. The number of ether oxygens (including phenoxy) is 2. The van der Waals surface area contributed by atoms with Crippen molar-refractivity contribution in [1.29, 1.82) is 0 Å². The first kappa shape index (κ1) is 20.5.